The highest BCUT2D eigenvalue weighted by molar-refractivity contribution is 7.15. The van der Waals surface area contributed by atoms with Gasteiger partial charge in [0.05, 0.1) is 6.04 Å². The van der Waals surface area contributed by atoms with E-state index in [-0.39, 0.29) is 12.1 Å². The van der Waals surface area contributed by atoms with Crippen LogP contribution in [0.15, 0.2) is 0 Å². The molecule has 1 fully saturated rings. The number of amides is 1. The first-order chi connectivity index (χ1) is 8.33. The molecular weight excluding hydrogens is 252 g/mol. The molecule has 1 amide bonds. The summed E-state index contributed by atoms with van der Waals surface area (Å²) in [5.74, 6) is 0. The summed E-state index contributed by atoms with van der Waals surface area (Å²) >= 11 is 1.52. The number of aryl methyl sites for hydroxylation is 1. The van der Waals surface area contributed by atoms with E-state index in [1.165, 1.54) is 11.3 Å². The third-order valence-electron chi connectivity index (χ3n) is 2.39. The van der Waals surface area contributed by atoms with E-state index in [9.17, 15) is 4.79 Å². The molecule has 0 spiro atoms. The first kappa shape index (κ1) is 13.1. The Labute approximate surface area is 110 Å². The van der Waals surface area contributed by atoms with Crippen molar-refractivity contribution in [1.82, 2.24) is 15.1 Å². The Balaban J connectivity index is 1.75. The number of carbonyl (C=O) groups is 1. The number of rotatable bonds is 2. The molecule has 0 aromatic carbocycles. The van der Waals surface area contributed by atoms with E-state index < -0.39 is 5.60 Å². The monoisotopic (exact) mass is 270 g/mol. The van der Waals surface area contributed by atoms with Crippen LogP contribution in [-0.4, -0.2) is 45.9 Å². The lowest BCUT2D eigenvalue weighted by Gasteiger charge is -2.39. The molecule has 1 saturated heterocycles. The summed E-state index contributed by atoms with van der Waals surface area (Å²) in [6.45, 7) is 8.80. The van der Waals surface area contributed by atoms with Crippen LogP contribution >= 0.6 is 11.3 Å². The highest BCUT2D eigenvalue weighted by atomic mass is 32.1. The van der Waals surface area contributed by atoms with Gasteiger partial charge >= 0.3 is 6.09 Å². The van der Waals surface area contributed by atoms with E-state index in [1.807, 2.05) is 27.7 Å². The van der Waals surface area contributed by atoms with Crippen molar-refractivity contribution < 1.29 is 9.53 Å². The smallest absolute Gasteiger partial charge is 0.410 e. The van der Waals surface area contributed by atoms with Gasteiger partial charge in [-0.15, -0.1) is 10.2 Å². The number of aromatic nitrogens is 2. The zero-order valence-electron chi connectivity index (χ0n) is 11.1. The van der Waals surface area contributed by atoms with Gasteiger partial charge < -0.3 is 15.0 Å². The second kappa shape index (κ2) is 4.72. The predicted octanol–water partition coefficient (Wildman–Crippen LogP) is 1.88. The maximum absolute atomic E-state index is 11.7. The van der Waals surface area contributed by atoms with Crippen molar-refractivity contribution in [2.24, 2.45) is 0 Å². The summed E-state index contributed by atoms with van der Waals surface area (Å²) in [7, 11) is 0. The SMILES string of the molecule is Cc1nnc(NC2CN(C(=O)OC(C)(C)C)C2)s1. The third kappa shape index (κ3) is 3.32. The summed E-state index contributed by atoms with van der Waals surface area (Å²) in [6, 6.07) is 0.241. The molecular formula is C11H18N4O2S. The topological polar surface area (TPSA) is 67.4 Å². The Morgan fingerprint density at radius 2 is 2.11 bits per heavy atom. The van der Waals surface area contributed by atoms with E-state index in [4.69, 9.17) is 4.74 Å². The van der Waals surface area contributed by atoms with Gasteiger partial charge in [0.15, 0.2) is 0 Å². The van der Waals surface area contributed by atoms with Crippen LogP contribution < -0.4 is 5.32 Å². The normalized spacial score (nSPS) is 16.3. The maximum atomic E-state index is 11.7. The molecule has 1 N–H and O–H groups in total. The van der Waals surface area contributed by atoms with Crippen LogP contribution in [0.3, 0.4) is 0 Å². The molecule has 1 aliphatic rings. The lowest BCUT2D eigenvalue weighted by atomic mass is 10.1. The summed E-state index contributed by atoms with van der Waals surface area (Å²) in [5, 5.41) is 12.9. The van der Waals surface area contributed by atoms with Gasteiger partial charge in [0.2, 0.25) is 5.13 Å². The minimum Gasteiger partial charge on any atom is -0.444 e. The Morgan fingerprint density at radius 1 is 1.44 bits per heavy atom. The molecule has 1 aromatic rings. The van der Waals surface area contributed by atoms with E-state index >= 15 is 0 Å². The van der Waals surface area contributed by atoms with Gasteiger partial charge in [0.25, 0.3) is 0 Å². The standard InChI is InChI=1S/C11H18N4O2S/c1-7-13-14-9(18-7)12-8-5-15(6-8)10(16)17-11(2,3)4/h8H,5-6H2,1-4H3,(H,12,14). The van der Waals surface area contributed by atoms with Gasteiger partial charge in [-0.05, 0) is 27.7 Å². The molecule has 0 unspecified atom stereocenters. The van der Waals surface area contributed by atoms with Crippen molar-refractivity contribution >= 4 is 22.6 Å². The average molecular weight is 270 g/mol. The fraction of sp³-hybridized carbons (Fsp3) is 0.727. The van der Waals surface area contributed by atoms with Crippen LogP contribution in [-0.2, 0) is 4.74 Å². The lowest BCUT2D eigenvalue weighted by molar-refractivity contribution is 0.0105. The fourth-order valence-electron chi connectivity index (χ4n) is 1.57. The Hall–Kier alpha value is -1.37. The molecule has 0 radical (unpaired) electrons. The van der Waals surface area contributed by atoms with Crippen LogP contribution in [0.5, 0.6) is 0 Å². The van der Waals surface area contributed by atoms with E-state index in [1.54, 1.807) is 4.90 Å². The zero-order chi connectivity index (χ0) is 13.3. The molecule has 2 rings (SSSR count). The minimum atomic E-state index is -0.439. The predicted molar refractivity (Wildman–Crippen MR) is 69.9 cm³/mol. The van der Waals surface area contributed by atoms with Crippen molar-refractivity contribution in [1.29, 1.82) is 0 Å². The third-order valence-corrected chi connectivity index (χ3v) is 3.16. The van der Waals surface area contributed by atoms with Gasteiger partial charge in [0, 0.05) is 13.1 Å². The Kier molecular flexibility index (Phi) is 3.43. The number of hydrogen-bond donors (Lipinski definition) is 1. The van der Waals surface area contributed by atoms with Crippen LogP contribution in [0, 0.1) is 6.92 Å². The zero-order valence-corrected chi connectivity index (χ0v) is 11.9. The molecule has 0 atom stereocenters. The van der Waals surface area contributed by atoms with E-state index in [0.29, 0.717) is 13.1 Å². The summed E-state index contributed by atoms with van der Waals surface area (Å²) < 4.78 is 5.28. The van der Waals surface area contributed by atoms with Gasteiger partial charge in [-0.3, -0.25) is 0 Å². The Morgan fingerprint density at radius 3 is 2.61 bits per heavy atom. The molecule has 6 nitrogen and oxygen atoms in total. The molecule has 1 aromatic heterocycles. The number of ether oxygens (including phenoxy) is 1. The maximum Gasteiger partial charge on any atom is 0.410 e. The van der Waals surface area contributed by atoms with Gasteiger partial charge in [-0.25, -0.2) is 4.79 Å². The highest BCUT2D eigenvalue weighted by Crippen LogP contribution is 2.20. The van der Waals surface area contributed by atoms with Crippen molar-refractivity contribution in [3.05, 3.63) is 5.01 Å². The number of nitrogens with one attached hydrogen (secondary N) is 1. The number of carbonyl (C=O) groups excluding carboxylic acids is 1. The van der Waals surface area contributed by atoms with Crippen LogP contribution in [0.1, 0.15) is 25.8 Å². The molecule has 0 saturated carbocycles. The number of likely N-dealkylation sites (tertiary alicyclic amines) is 1. The summed E-state index contributed by atoms with van der Waals surface area (Å²) in [6.07, 6.45) is -0.256. The molecule has 1 aliphatic heterocycles. The second-order valence-electron chi connectivity index (χ2n) is 5.35. The first-order valence-electron chi connectivity index (χ1n) is 5.88. The van der Waals surface area contributed by atoms with Crippen molar-refractivity contribution in [3.63, 3.8) is 0 Å². The average Bonchev–Trinajstić information content (AvgIpc) is 2.53. The molecule has 7 heteroatoms. The molecule has 100 valence electrons. The lowest BCUT2D eigenvalue weighted by Crippen LogP contribution is -2.57. The van der Waals surface area contributed by atoms with Gasteiger partial charge in [-0.1, -0.05) is 11.3 Å². The van der Waals surface area contributed by atoms with Crippen molar-refractivity contribution in [2.45, 2.75) is 39.3 Å². The second-order valence-corrected chi connectivity index (χ2v) is 6.53. The summed E-state index contributed by atoms with van der Waals surface area (Å²) in [4.78, 5) is 13.4. The minimum absolute atomic E-state index is 0.241. The summed E-state index contributed by atoms with van der Waals surface area (Å²) in [5.41, 5.74) is -0.439. The largest absolute Gasteiger partial charge is 0.444 e. The number of anilines is 1. The van der Waals surface area contributed by atoms with Crippen LogP contribution in [0.4, 0.5) is 9.93 Å². The number of hydrogen-bond acceptors (Lipinski definition) is 6. The molecule has 2 heterocycles. The highest BCUT2D eigenvalue weighted by Gasteiger charge is 2.34. The quantitative estimate of drug-likeness (QED) is 0.888. The fourth-order valence-corrected chi connectivity index (χ4v) is 2.24. The van der Waals surface area contributed by atoms with E-state index in [0.717, 1.165) is 10.1 Å². The van der Waals surface area contributed by atoms with Crippen molar-refractivity contribution in [2.75, 3.05) is 18.4 Å². The van der Waals surface area contributed by atoms with Gasteiger partial charge in [-0.2, -0.15) is 0 Å². The first-order valence-corrected chi connectivity index (χ1v) is 6.70. The number of nitrogens with zero attached hydrogens (tertiary/aromatic N) is 3. The van der Waals surface area contributed by atoms with E-state index in [2.05, 4.69) is 15.5 Å². The molecule has 0 aliphatic carbocycles. The molecule has 0 bridgehead atoms. The van der Waals surface area contributed by atoms with Crippen molar-refractivity contribution in [3.8, 4) is 0 Å². The van der Waals surface area contributed by atoms with Gasteiger partial charge in [0.1, 0.15) is 10.6 Å². The van der Waals surface area contributed by atoms with Crippen LogP contribution in [0.2, 0.25) is 0 Å². The van der Waals surface area contributed by atoms with Crippen LogP contribution in [0.25, 0.3) is 0 Å². The Bertz CT molecular complexity index is 434. The molecule has 18 heavy (non-hydrogen) atoms.